The molecule has 1 aliphatic carbocycles. The molecule has 1 aliphatic rings. The molecule has 1 fully saturated rings. The third kappa shape index (κ3) is 1.94. The Hall–Kier alpha value is -0.770. The fourth-order valence-corrected chi connectivity index (χ4v) is 1.50. The normalized spacial score (nSPS) is 18.3. The first-order valence-corrected chi connectivity index (χ1v) is 5.08. The maximum absolute atomic E-state index is 5.59. The molecule has 3 nitrogen and oxygen atoms in total. The maximum Gasteiger partial charge on any atom is 0.125 e. The number of rotatable bonds is 2. The smallest absolute Gasteiger partial charge is 0.125 e. The predicted molar refractivity (Wildman–Crippen MR) is 57.6 cm³/mol. The Kier molecular flexibility index (Phi) is 1.95. The lowest BCUT2D eigenvalue weighted by molar-refractivity contribution is 0.828. The molecule has 1 saturated carbocycles. The van der Waals surface area contributed by atoms with Gasteiger partial charge in [0.1, 0.15) is 5.82 Å². The highest BCUT2D eigenvalue weighted by Gasteiger charge is 2.37. The van der Waals surface area contributed by atoms with E-state index in [1.807, 2.05) is 6.07 Å². The van der Waals surface area contributed by atoms with Crippen molar-refractivity contribution in [2.24, 2.45) is 0 Å². The van der Waals surface area contributed by atoms with Crippen LogP contribution >= 0.6 is 15.9 Å². The Morgan fingerprint density at radius 2 is 2.31 bits per heavy atom. The van der Waals surface area contributed by atoms with Gasteiger partial charge in [-0.3, -0.25) is 0 Å². The monoisotopic (exact) mass is 241 g/mol. The standard InChI is InChI=1S/C9H12BrN3/c1-9(2-3-9)13-7-4-8(11)12-5-6(7)10/h4-5H,2-3H2,1H3,(H3,11,12,13). The number of nitrogens with two attached hydrogens (primary N) is 1. The molecular formula is C9H12BrN3. The molecule has 0 saturated heterocycles. The summed E-state index contributed by atoms with van der Waals surface area (Å²) in [4.78, 5) is 3.98. The first kappa shape index (κ1) is 8.81. The molecule has 3 N–H and O–H groups in total. The van der Waals surface area contributed by atoms with Crippen LogP contribution in [-0.2, 0) is 0 Å². The quantitative estimate of drug-likeness (QED) is 0.837. The molecular weight excluding hydrogens is 230 g/mol. The van der Waals surface area contributed by atoms with E-state index in [-0.39, 0.29) is 5.54 Å². The van der Waals surface area contributed by atoms with E-state index in [0.29, 0.717) is 5.82 Å². The molecule has 2 rings (SSSR count). The summed E-state index contributed by atoms with van der Waals surface area (Å²) in [7, 11) is 0. The van der Waals surface area contributed by atoms with Crippen molar-refractivity contribution in [2.45, 2.75) is 25.3 Å². The van der Waals surface area contributed by atoms with Crippen LogP contribution in [0.5, 0.6) is 0 Å². The van der Waals surface area contributed by atoms with Gasteiger partial charge in [-0.05, 0) is 35.7 Å². The minimum atomic E-state index is 0.274. The Balaban J connectivity index is 2.23. The Bertz CT molecular complexity index is 334. The minimum Gasteiger partial charge on any atom is -0.384 e. The van der Waals surface area contributed by atoms with Crippen LogP contribution in [0.2, 0.25) is 0 Å². The lowest BCUT2D eigenvalue weighted by Gasteiger charge is -2.14. The van der Waals surface area contributed by atoms with E-state index < -0.39 is 0 Å². The zero-order valence-electron chi connectivity index (χ0n) is 7.47. The van der Waals surface area contributed by atoms with Crippen LogP contribution in [0.1, 0.15) is 19.8 Å². The van der Waals surface area contributed by atoms with Gasteiger partial charge in [0, 0.05) is 17.8 Å². The van der Waals surface area contributed by atoms with Crippen LogP contribution in [0, 0.1) is 0 Å². The van der Waals surface area contributed by atoms with Gasteiger partial charge in [-0.25, -0.2) is 4.98 Å². The van der Waals surface area contributed by atoms with Crippen LogP contribution in [0.15, 0.2) is 16.7 Å². The third-order valence-electron chi connectivity index (χ3n) is 2.31. The maximum atomic E-state index is 5.59. The van der Waals surface area contributed by atoms with Gasteiger partial charge in [-0.1, -0.05) is 0 Å². The molecule has 1 aromatic heterocycles. The molecule has 0 bridgehead atoms. The highest BCUT2D eigenvalue weighted by molar-refractivity contribution is 9.10. The number of hydrogen-bond donors (Lipinski definition) is 2. The summed E-state index contributed by atoms with van der Waals surface area (Å²) >= 11 is 3.43. The number of pyridine rings is 1. The Labute approximate surface area is 85.9 Å². The fraction of sp³-hybridized carbons (Fsp3) is 0.444. The molecule has 4 heteroatoms. The van der Waals surface area contributed by atoms with E-state index in [1.165, 1.54) is 12.8 Å². The van der Waals surface area contributed by atoms with E-state index in [4.69, 9.17) is 5.73 Å². The van der Waals surface area contributed by atoms with Crippen molar-refractivity contribution in [3.63, 3.8) is 0 Å². The summed E-state index contributed by atoms with van der Waals surface area (Å²) in [5.41, 5.74) is 6.90. The van der Waals surface area contributed by atoms with Gasteiger partial charge in [0.15, 0.2) is 0 Å². The first-order valence-electron chi connectivity index (χ1n) is 4.28. The SMILES string of the molecule is CC1(Nc2cc(N)ncc2Br)CC1. The topological polar surface area (TPSA) is 50.9 Å². The molecule has 0 aliphatic heterocycles. The molecule has 13 heavy (non-hydrogen) atoms. The average molecular weight is 242 g/mol. The van der Waals surface area contributed by atoms with Crippen molar-refractivity contribution in [3.05, 3.63) is 16.7 Å². The van der Waals surface area contributed by atoms with Crippen LogP contribution in [-0.4, -0.2) is 10.5 Å². The second-order valence-electron chi connectivity index (χ2n) is 3.77. The lowest BCUT2D eigenvalue weighted by Crippen LogP contribution is -2.16. The minimum absolute atomic E-state index is 0.274. The number of halogens is 1. The first-order chi connectivity index (χ1) is 6.09. The van der Waals surface area contributed by atoms with Crippen LogP contribution in [0.25, 0.3) is 0 Å². The number of nitrogens with zero attached hydrogens (tertiary/aromatic N) is 1. The van der Waals surface area contributed by atoms with E-state index in [2.05, 4.69) is 33.2 Å². The molecule has 1 heterocycles. The van der Waals surface area contributed by atoms with Crippen LogP contribution < -0.4 is 11.1 Å². The molecule has 0 radical (unpaired) electrons. The summed E-state index contributed by atoms with van der Waals surface area (Å²) in [5.74, 6) is 0.551. The number of nitrogens with one attached hydrogen (secondary N) is 1. The number of aromatic nitrogens is 1. The lowest BCUT2D eigenvalue weighted by atomic mass is 10.3. The van der Waals surface area contributed by atoms with Crippen LogP contribution in [0.4, 0.5) is 11.5 Å². The van der Waals surface area contributed by atoms with Gasteiger partial charge >= 0.3 is 0 Å². The summed E-state index contributed by atoms with van der Waals surface area (Å²) in [6, 6.07) is 1.85. The highest BCUT2D eigenvalue weighted by Crippen LogP contribution is 2.39. The zero-order chi connectivity index (χ0) is 9.47. The van der Waals surface area contributed by atoms with Crippen molar-refractivity contribution >= 4 is 27.4 Å². The molecule has 70 valence electrons. The molecule has 1 aromatic rings. The van der Waals surface area contributed by atoms with E-state index >= 15 is 0 Å². The van der Waals surface area contributed by atoms with Gasteiger partial charge in [0.25, 0.3) is 0 Å². The molecule has 0 atom stereocenters. The molecule has 0 aromatic carbocycles. The zero-order valence-corrected chi connectivity index (χ0v) is 9.06. The third-order valence-corrected chi connectivity index (χ3v) is 2.94. The van der Waals surface area contributed by atoms with Crippen molar-refractivity contribution < 1.29 is 0 Å². The number of hydrogen-bond acceptors (Lipinski definition) is 3. The van der Waals surface area contributed by atoms with E-state index in [9.17, 15) is 0 Å². The largest absolute Gasteiger partial charge is 0.384 e. The summed E-state index contributed by atoms with van der Waals surface area (Å²) < 4.78 is 0.967. The Morgan fingerprint density at radius 3 is 2.92 bits per heavy atom. The van der Waals surface area contributed by atoms with Crippen molar-refractivity contribution in [2.75, 3.05) is 11.1 Å². The van der Waals surface area contributed by atoms with Gasteiger partial charge in [-0.15, -0.1) is 0 Å². The summed E-state index contributed by atoms with van der Waals surface area (Å²) in [6.07, 6.45) is 4.17. The molecule has 0 spiro atoms. The number of anilines is 2. The van der Waals surface area contributed by atoms with E-state index in [1.54, 1.807) is 6.20 Å². The summed E-state index contributed by atoms with van der Waals surface area (Å²) in [5, 5.41) is 3.43. The molecule has 0 amide bonds. The van der Waals surface area contributed by atoms with Crippen LogP contribution in [0.3, 0.4) is 0 Å². The molecule has 0 unspecified atom stereocenters. The fourth-order valence-electron chi connectivity index (χ4n) is 1.19. The summed E-state index contributed by atoms with van der Waals surface area (Å²) in [6.45, 7) is 2.20. The van der Waals surface area contributed by atoms with Gasteiger partial charge in [-0.2, -0.15) is 0 Å². The average Bonchev–Trinajstić information content (AvgIpc) is 2.76. The second kappa shape index (κ2) is 2.87. The van der Waals surface area contributed by atoms with Gasteiger partial charge < -0.3 is 11.1 Å². The number of nitrogen functional groups attached to an aromatic ring is 1. The van der Waals surface area contributed by atoms with Gasteiger partial charge in [0.2, 0.25) is 0 Å². The predicted octanol–water partition coefficient (Wildman–Crippen LogP) is 2.39. The van der Waals surface area contributed by atoms with Gasteiger partial charge in [0.05, 0.1) is 10.2 Å². The van der Waals surface area contributed by atoms with E-state index in [0.717, 1.165) is 10.2 Å². The van der Waals surface area contributed by atoms with Crippen molar-refractivity contribution in [1.82, 2.24) is 4.98 Å². The Morgan fingerprint density at radius 1 is 1.62 bits per heavy atom. The highest BCUT2D eigenvalue weighted by atomic mass is 79.9. The van der Waals surface area contributed by atoms with Crippen molar-refractivity contribution in [1.29, 1.82) is 0 Å². The van der Waals surface area contributed by atoms with Crippen molar-refractivity contribution in [3.8, 4) is 0 Å². The second-order valence-corrected chi connectivity index (χ2v) is 4.63.